The number of hydrogen-bond acceptors (Lipinski definition) is 6. The highest BCUT2D eigenvalue weighted by Crippen LogP contribution is 2.24. The normalized spacial score (nSPS) is 12.1. The largest absolute Gasteiger partial charge is 0.382 e. The summed E-state index contributed by atoms with van der Waals surface area (Å²) in [5.41, 5.74) is 5.34. The molecule has 0 saturated carbocycles. The number of carbonyl (C=O) groups excluding carboxylic acids is 2. The van der Waals surface area contributed by atoms with Gasteiger partial charge in [-0.2, -0.15) is 0 Å². The maximum Gasteiger partial charge on any atom is 0.318 e. The molecule has 0 spiro atoms. The molecule has 0 aliphatic heterocycles. The quantitative estimate of drug-likeness (QED) is 0.357. The van der Waals surface area contributed by atoms with Gasteiger partial charge in [0.1, 0.15) is 0 Å². The van der Waals surface area contributed by atoms with Crippen LogP contribution in [0.2, 0.25) is 0 Å². The number of imide groups is 1. The van der Waals surface area contributed by atoms with Crippen LogP contribution in [0.15, 0.2) is 32.6 Å². The summed E-state index contributed by atoms with van der Waals surface area (Å²) in [6.07, 6.45) is 0.629. The van der Waals surface area contributed by atoms with Crippen molar-refractivity contribution in [1.29, 1.82) is 0 Å². The smallest absolute Gasteiger partial charge is 0.318 e. The van der Waals surface area contributed by atoms with Gasteiger partial charge in [0.25, 0.3) is 5.56 Å². The Morgan fingerprint density at radius 3 is 2.85 bits per heavy atom. The van der Waals surface area contributed by atoms with E-state index in [0.29, 0.717) is 42.2 Å². The first-order chi connectivity index (χ1) is 12.8. The fraction of sp³-hybridized carbons (Fsp3) is 0.412. The zero-order chi connectivity index (χ0) is 20.0. The number of ether oxygens (including phenoxy) is 1. The highest BCUT2D eigenvalue weighted by molar-refractivity contribution is 9.10. The molecule has 0 saturated heterocycles. The van der Waals surface area contributed by atoms with Gasteiger partial charge in [0.15, 0.2) is 5.16 Å². The third-order valence-corrected chi connectivity index (χ3v) is 5.24. The second-order valence-corrected chi connectivity index (χ2v) is 7.90. The van der Waals surface area contributed by atoms with E-state index >= 15 is 0 Å². The molecule has 2 aromatic rings. The summed E-state index contributed by atoms with van der Waals surface area (Å²) in [4.78, 5) is 40.4. The number of rotatable bonds is 8. The Morgan fingerprint density at radius 2 is 2.19 bits per heavy atom. The van der Waals surface area contributed by atoms with E-state index in [1.54, 1.807) is 25.1 Å². The minimum absolute atomic E-state index is 0.192. The Balaban J connectivity index is 2.39. The number of nitrogens with zero attached hydrogens (tertiary/aromatic N) is 2. The molecule has 1 atom stereocenters. The van der Waals surface area contributed by atoms with Crippen LogP contribution >= 0.6 is 27.7 Å². The van der Waals surface area contributed by atoms with Crippen LogP contribution in [0.4, 0.5) is 4.79 Å². The van der Waals surface area contributed by atoms with Gasteiger partial charge < -0.3 is 10.5 Å². The number of amides is 3. The van der Waals surface area contributed by atoms with Gasteiger partial charge in [-0.25, -0.2) is 9.78 Å². The highest BCUT2D eigenvalue weighted by atomic mass is 79.9. The van der Waals surface area contributed by atoms with Crippen molar-refractivity contribution in [2.45, 2.75) is 37.2 Å². The summed E-state index contributed by atoms with van der Waals surface area (Å²) < 4.78 is 7.66. The number of thioether (sulfide) groups is 1. The van der Waals surface area contributed by atoms with Crippen molar-refractivity contribution in [2.24, 2.45) is 5.73 Å². The number of hydrogen-bond donors (Lipinski definition) is 2. The van der Waals surface area contributed by atoms with Gasteiger partial charge in [-0.3, -0.25) is 19.5 Å². The average Bonchev–Trinajstić information content (AvgIpc) is 2.61. The number of aromatic nitrogens is 2. The van der Waals surface area contributed by atoms with Gasteiger partial charge in [-0.05, 0) is 38.5 Å². The van der Waals surface area contributed by atoms with E-state index in [9.17, 15) is 14.4 Å². The van der Waals surface area contributed by atoms with Crippen LogP contribution in [0.5, 0.6) is 0 Å². The Kier molecular flexibility index (Phi) is 7.81. The van der Waals surface area contributed by atoms with Gasteiger partial charge in [0, 0.05) is 24.2 Å². The molecule has 27 heavy (non-hydrogen) atoms. The van der Waals surface area contributed by atoms with Crippen molar-refractivity contribution >= 4 is 50.5 Å². The third-order valence-electron chi connectivity index (χ3n) is 3.65. The molecule has 0 aliphatic rings. The highest BCUT2D eigenvalue weighted by Gasteiger charge is 2.20. The van der Waals surface area contributed by atoms with Crippen LogP contribution in [0.3, 0.4) is 0 Å². The lowest BCUT2D eigenvalue weighted by molar-refractivity contribution is -0.119. The van der Waals surface area contributed by atoms with Crippen LogP contribution in [0.1, 0.15) is 20.3 Å². The lowest BCUT2D eigenvalue weighted by atomic mass is 10.2. The van der Waals surface area contributed by atoms with E-state index in [1.165, 1.54) is 4.57 Å². The van der Waals surface area contributed by atoms with Crippen molar-refractivity contribution < 1.29 is 14.3 Å². The fourth-order valence-electron chi connectivity index (χ4n) is 2.36. The van der Waals surface area contributed by atoms with Gasteiger partial charge in [0.05, 0.1) is 16.2 Å². The van der Waals surface area contributed by atoms with Crippen LogP contribution in [0.25, 0.3) is 10.9 Å². The molecule has 1 aromatic carbocycles. The molecule has 3 amide bonds. The van der Waals surface area contributed by atoms with E-state index < -0.39 is 17.2 Å². The molecule has 1 heterocycles. The number of carbonyl (C=O) groups is 2. The summed E-state index contributed by atoms with van der Waals surface area (Å²) in [5, 5.41) is 2.27. The van der Waals surface area contributed by atoms with Gasteiger partial charge >= 0.3 is 6.03 Å². The topological polar surface area (TPSA) is 116 Å². The lowest BCUT2D eigenvalue weighted by Gasteiger charge is -2.16. The average molecular weight is 457 g/mol. The van der Waals surface area contributed by atoms with Gasteiger partial charge in [0.2, 0.25) is 5.91 Å². The molecule has 2 rings (SSSR count). The molecule has 146 valence electrons. The predicted molar refractivity (Wildman–Crippen MR) is 108 cm³/mol. The first-order valence-corrected chi connectivity index (χ1v) is 10.1. The van der Waals surface area contributed by atoms with Crippen molar-refractivity contribution in [1.82, 2.24) is 14.9 Å². The van der Waals surface area contributed by atoms with E-state index in [-0.39, 0.29) is 5.56 Å². The Bertz CT molecular complexity index is 902. The zero-order valence-corrected chi connectivity index (χ0v) is 17.4. The van der Waals surface area contributed by atoms with Crippen LogP contribution in [0, 0.1) is 0 Å². The Morgan fingerprint density at radius 1 is 1.44 bits per heavy atom. The van der Waals surface area contributed by atoms with Crippen LogP contribution < -0.4 is 16.6 Å². The predicted octanol–water partition coefficient (Wildman–Crippen LogP) is 2.26. The van der Waals surface area contributed by atoms with Crippen LogP contribution in [-0.4, -0.2) is 40.0 Å². The lowest BCUT2D eigenvalue weighted by Crippen LogP contribution is -2.39. The maximum atomic E-state index is 13.0. The second-order valence-electron chi connectivity index (χ2n) is 5.68. The minimum atomic E-state index is -0.919. The van der Waals surface area contributed by atoms with E-state index in [2.05, 4.69) is 20.9 Å². The molecule has 10 heteroatoms. The molecule has 0 bridgehead atoms. The molecule has 1 unspecified atom stereocenters. The molecule has 1 aromatic heterocycles. The standard InChI is InChI=1S/C17H21BrN4O4S/c1-3-26-8-4-7-22-15(24)12-9-11(18)5-6-13(12)20-17(22)27-10(2)14(23)21-16(19)25/h5-6,9-10H,3-4,7-8H2,1-2H3,(H3,19,21,23,25). The zero-order valence-electron chi connectivity index (χ0n) is 15.0. The van der Waals surface area contributed by atoms with Crippen LogP contribution in [-0.2, 0) is 16.1 Å². The SMILES string of the molecule is CCOCCCn1c(SC(C)C(=O)NC(N)=O)nc2ccc(Br)cc2c1=O. The number of urea groups is 1. The number of nitrogens with two attached hydrogens (primary N) is 1. The first kappa shape index (κ1) is 21.4. The summed E-state index contributed by atoms with van der Waals surface area (Å²) in [5.74, 6) is -0.543. The monoisotopic (exact) mass is 456 g/mol. The molecular weight excluding hydrogens is 436 g/mol. The molecule has 8 nitrogen and oxygen atoms in total. The van der Waals surface area contributed by atoms with Crippen molar-refractivity contribution in [3.8, 4) is 0 Å². The van der Waals surface area contributed by atoms with Crippen molar-refractivity contribution in [3.63, 3.8) is 0 Å². The summed E-state index contributed by atoms with van der Waals surface area (Å²) in [6.45, 7) is 5.04. The van der Waals surface area contributed by atoms with Gasteiger partial charge in [-0.1, -0.05) is 27.7 Å². The van der Waals surface area contributed by atoms with Crippen molar-refractivity contribution in [3.05, 3.63) is 33.0 Å². The maximum absolute atomic E-state index is 13.0. The molecular formula is C17H21BrN4O4S. The second kappa shape index (κ2) is 9.86. The van der Waals surface area contributed by atoms with E-state index in [4.69, 9.17) is 10.5 Å². The fourth-order valence-corrected chi connectivity index (χ4v) is 3.66. The summed E-state index contributed by atoms with van der Waals surface area (Å²) in [6, 6.07) is 4.34. The molecule has 3 N–H and O–H groups in total. The number of primary amides is 1. The van der Waals surface area contributed by atoms with Gasteiger partial charge in [-0.15, -0.1) is 0 Å². The first-order valence-electron chi connectivity index (χ1n) is 8.38. The number of fused-ring (bicyclic) bond motifs is 1. The molecule has 0 fully saturated rings. The number of halogens is 1. The molecule has 0 aliphatic carbocycles. The molecule has 0 radical (unpaired) electrons. The number of nitrogens with one attached hydrogen (secondary N) is 1. The summed E-state index contributed by atoms with van der Waals surface area (Å²) in [7, 11) is 0. The number of benzene rings is 1. The van der Waals surface area contributed by atoms with E-state index in [0.717, 1.165) is 16.2 Å². The third kappa shape index (κ3) is 5.78. The van der Waals surface area contributed by atoms with E-state index in [1.807, 2.05) is 12.2 Å². The summed E-state index contributed by atoms with van der Waals surface area (Å²) >= 11 is 4.46. The Hall–Kier alpha value is -1.91. The Labute approximate surface area is 169 Å². The minimum Gasteiger partial charge on any atom is -0.382 e. The van der Waals surface area contributed by atoms with Crippen molar-refractivity contribution in [2.75, 3.05) is 13.2 Å².